The third kappa shape index (κ3) is 4.09. The Morgan fingerprint density at radius 1 is 1.09 bits per heavy atom. The van der Waals surface area contributed by atoms with Gasteiger partial charge in [0.1, 0.15) is 16.9 Å². The van der Waals surface area contributed by atoms with Gasteiger partial charge < -0.3 is 25.7 Å². The van der Waals surface area contributed by atoms with Gasteiger partial charge in [-0.15, -0.1) is 0 Å². The molecule has 0 atom stereocenters. The molecular formula is C25H26FN6O. The van der Waals surface area contributed by atoms with E-state index in [1.54, 1.807) is 31.8 Å². The number of benzene rings is 2. The zero-order chi connectivity index (χ0) is 22.9. The number of hydrogen-bond donors (Lipinski definition) is 2. The Hall–Kier alpha value is -3.65. The number of imidazole rings is 1. The second-order valence-electron chi connectivity index (χ2n) is 8.32. The Kier molecular flexibility index (Phi) is 5.60. The van der Waals surface area contributed by atoms with Gasteiger partial charge in [-0.3, -0.25) is 0 Å². The molecule has 7 nitrogen and oxygen atoms in total. The summed E-state index contributed by atoms with van der Waals surface area (Å²) < 4.78 is 21.4. The Bertz CT molecular complexity index is 1300. The molecule has 1 radical (unpaired) electrons. The van der Waals surface area contributed by atoms with Crippen LogP contribution in [0.15, 0.2) is 55.0 Å². The molecule has 33 heavy (non-hydrogen) atoms. The highest BCUT2D eigenvalue weighted by Crippen LogP contribution is 2.33. The lowest BCUT2D eigenvalue weighted by molar-refractivity contribution is 0.416. The Balaban J connectivity index is 1.62. The summed E-state index contributed by atoms with van der Waals surface area (Å²) in [6, 6.07) is 13.9. The largest absolute Gasteiger partial charge is 0.493 e. The normalized spacial score (nSPS) is 14.7. The number of nitrogens with zero attached hydrogens (tertiary/aromatic N) is 4. The van der Waals surface area contributed by atoms with E-state index in [0.29, 0.717) is 23.6 Å². The van der Waals surface area contributed by atoms with Crippen LogP contribution in [0.5, 0.6) is 5.75 Å². The second-order valence-corrected chi connectivity index (χ2v) is 8.32. The van der Waals surface area contributed by atoms with Gasteiger partial charge in [0.15, 0.2) is 11.6 Å². The summed E-state index contributed by atoms with van der Waals surface area (Å²) in [5, 5.41) is 0. The van der Waals surface area contributed by atoms with Gasteiger partial charge in [0.05, 0.1) is 32.2 Å². The van der Waals surface area contributed by atoms with E-state index in [0.717, 1.165) is 59.9 Å². The number of halogens is 1. The zero-order valence-corrected chi connectivity index (χ0v) is 18.5. The molecule has 0 spiro atoms. The van der Waals surface area contributed by atoms with Crippen molar-refractivity contribution in [3.05, 3.63) is 72.4 Å². The van der Waals surface area contributed by atoms with E-state index >= 15 is 0 Å². The van der Waals surface area contributed by atoms with Gasteiger partial charge in [-0.05, 0) is 53.8 Å². The first-order valence-electron chi connectivity index (χ1n) is 10.9. The van der Waals surface area contributed by atoms with Crippen LogP contribution in [0.2, 0.25) is 0 Å². The van der Waals surface area contributed by atoms with Gasteiger partial charge in [-0.1, -0.05) is 18.2 Å². The van der Waals surface area contributed by atoms with Crippen LogP contribution >= 0.6 is 0 Å². The lowest BCUT2D eigenvalue weighted by atomic mass is 9.99. The first kappa shape index (κ1) is 21.2. The number of rotatable bonds is 5. The second kappa shape index (κ2) is 8.71. The fourth-order valence-corrected chi connectivity index (χ4v) is 4.51. The standard InChI is InChI=1S/C25H26FN6O/c1-33-22-12-29-25(28)23-24(22)32(15-30-23)13-18-10-17(16-4-2-5-19(26)11-16)7-8-21(18)31-9-3-6-20(27)14-31/h2,4-5,7-8,10-12,15H,3,6,9,13-14,27H2,1H3,(H2,28,29). The molecule has 4 N–H and O–H groups in total. The molecule has 3 heterocycles. The lowest BCUT2D eigenvalue weighted by Gasteiger charge is -2.34. The van der Waals surface area contributed by atoms with Crippen LogP contribution < -0.4 is 21.1 Å². The van der Waals surface area contributed by atoms with Crippen molar-refractivity contribution in [2.45, 2.75) is 19.4 Å². The number of nitrogens with two attached hydrogens (primary N) is 2. The van der Waals surface area contributed by atoms with E-state index in [4.69, 9.17) is 16.2 Å². The zero-order valence-electron chi connectivity index (χ0n) is 18.5. The van der Waals surface area contributed by atoms with Crippen molar-refractivity contribution < 1.29 is 9.13 Å². The molecule has 0 amide bonds. The molecule has 0 aliphatic carbocycles. The van der Waals surface area contributed by atoms with Crippen molar-refractivity contribution in [3.63, 3.8) is 0 Å². The van der Waals surface area contributed by atoms with E-state index in [9.17, 15) is 4.39 Å². The minimum atomic E-state index is -0.259. The fraction of sp³-hybridized carbons (Fsp3) is 0.240. The number of aromatic nitrogens is 3. The van der Waals surface area contributed by atoms with Gasteiger partial charge in [0.2, 0.25) is 0 Å². The average Bonchev–Trinajstić information content (AvgIpc) is 3.24. The van der Waals surface area contributed by atoms with Crippen LogP contribution in [0.4, 0.5) is 15.9 Å². The van der Waals surface area contributed by atoms with Crippen LogP contribution in [0, 0.1) is 11.9 Å². The first-order chi connectivity index (χ1) is 16.0. The van der Waals surface area contributed by atoms with Crippen LogP contribution in [0.1, 0.15) is 18.4 Å². The average molecular weight is 446 g/mol. The predicted molar refractivity (Wildman–Crippen MR) is 128 cm³/mol. The highest BCUT2D eigenvalue weighted by molar-refractivity contribution is 5.89. The fourth-order valence-electron chi connectivity index (χ4n) is 4.51. The van der Waals surface area contributed by atoms with Gasteiger partial charge in [-0.2, -0.15) is 0 Å². The highest BCUT2D eigenvalue weighted by Gasteiger charge is 2.21. The number of piperidine rings is 1. The monoisotopic (exact) mass is 445 g/mol. The van der Waals surface area contributed by atoms with E-state index < -0.39 is 0 Å². The summed E-state index contributed by atoms with van der Waals surface area (Å²) in [6.45, 7) is 2.18. The van der Waals surface area contributed by atoms with Gasteiger partial charge >= 0.3 is 0 Å². The first-order valence-corrected chi connectivity index (χ1v) is 10.9. The molecule has 0 saturated carbocycles. The van der Waals surface area contributed by atoms with Crippen molar-refractivity contribution >= 4 is 22.5 Å². The van der Waals surface area contributed by atoms with Gasteiger partial charge in [-0.25, -0.2) is 14.4 Å². The number of methoxy groups -OCH3 is 1. The summed E-state index contributed by atoms with van der Waals surface area (Å²) in [4.78, 5) is 11.0. The van der Waals surface area contributed by atoms with Crippen molar-refractivity contribution in [1.82, 2.24) is 14.5 Å². The van der Waals surface area contributed by atoms with Crippen molar-refractivity contribution in [1.29, 1.82) is 0 Å². The van der Waals surface area contributed by atoms with Crippen molar-refractivity contribution in [2.75, 3.05) is 30.8 Å². The lowest BCUT2D eigenvalue weighted by Crippen LogP contribution is -2.38. The maximum atomic E-state index is 13.9. The molecule has 5 rings (SSSR count). The topological polar surface area (TPSA) is 95.2 Å². The highest BCUT2D eigenvalue weighted by atomic mass is 19.1. The molecule has 8 heteroatoms. The van der Waals surface area contributed by atoms with Crippen LogP contribution in [0.3, 0.4) is 0 Å². The predicted octanol–water partition coefficient (Wildman–Crippen LogP) is 3.97. The van der Waals surface area contributed by atoms with E-state index in [-0.39, 0.29) is 5.82 Å². The molecule has 2 aromatic carbocycles. The maximum Gasteiger partial charge on any atom is 0.163 e. The molecule has 1 aliphatic heterocycles. The number of ether oxygens (including phenoxy) is 1. The van der Waals surface area contributed by atoms with E-state index in [1.165, 1.54) is 6.07 Å². The molecule has 0 unspecified atom stereocenters. The van der Waals surface area contributed by atoms with Crippen molar-refractivity contribution in [3.8, 4) is 16.9 Å². The van der Waals surface area contributed by atoms with Crippen LogP contribution in [-0.2, 0) is 6.54 Å². The van der Waals surface area contributed by atoms with Crippen molar-refractivity contribution in [2.24, 2.45) is 5.73 Å². The minimum Gasteiger partial charge on any atom is -0.493 e. The summed E-state index contributed by atoms with van der Waals surface area (Å²) in [7, 11) is 1.60. The quantitative estimate of drug-likeness (QED) is 0.483. The molecule has 1 saturated heterocycles. The number of anilines is 2. The summed E-state index contributed by atoms with van der Waals surface area (Å²) in [5.74, 6) is 0.705. The van der Waals surface area contributed by atoms with Crippen LogP contribution in [-0.4, -0.2) is 34.7 Å². The Morgan fingerprint density at radius 2 is 1.94 bits per heavy atom. The summed E-state index contributed by atoms with van der Waals surface area (Å²) in [6.07, 6.45) is 5.32. The Morgan fingerprint density at radius 3 is 2.73 bits per heavy atom. The molecule has 2 aromatic heterocycles. The molecular weight excluding hydrogens is 419 g/mol. The number of pyridine rings is 1. The minimum absolute atomic E-state index is 0.259. The van der Waals surface area contributed by atoms with Gasteiger partial charge in [0.25, 0.3) is 0 Å². The summed E-state index contributed by atoms with van der Waals surface area (Å²) in [5.41, 5.74) is 17.6. The smallest absolute Gasteiger partial charge is 0.163 e. The van der Waals surface area contributed by atoms with Crippen LogP contribution in [0.25, 0.3) is 22.2 Å². The molecule has 0 bridgehead atoms. The summed E-state index contributed by atoms with van der Waals surface area (Å²) >= 11 is 0. The Labute approximate surface area is 191 Å². The number of hydrogen-bond acceptors (Lipinski definition) is 6. The third-order valence-electron chi connectivity index (χ3n) is 6.09. The third-order valence-corrected chi connectivity index (χ3v) is 6.09. The number of nitrogen functional groups attached to an aromatic ring is 1. The SMILES string of the molecule is COc1cnc(N)c2ncn(Cc3cc(-c4cccc(F)c4)ccc3N3CCC[C](N)C3)c12. The van der Waals surface area contributed by atoms with Gasteiger partial charge in [0, 0.05) is 18.8 Å². The number of fused-ring (bicyclic) bond motifs is 1. The van der Waals surface area contributed by atoms with E-state index in [1.807, 2.05) is 16.7 Å². The maximum absolute atomic E-state index is 13.9. The van der Waals surface area contributed by atoms with E-state index in [2.05, 4.69) is 27.0 Å². The molecule has 4 aromatic rings. The molecule has 169 valence electrons. The molecule has 1 aliphatic rings. The molecule has 1 fully saturated rings.